The number of benzene rings is 1. The van der Waals surface area contributed by atoms with E-state index < -0.39 is 5.97 Å². The number of hydrogen-bond donors (Lipinski definition) is 1. The molecular weight excluding hydrogens is 212 g/mol. The van der Waals surface area contributed by atoms with Crippen LogP contribution in [0.15, 0.2) is 12.1 Å². The summed E-state index contributed by atoms with van der Waals surface area (Å²) in [4.78, 5) is 10.8. The molecule has 1 unspecified atom stereocenters. The first-order valence-electron chi connectivity index (χ1n) is 4.90. The lowest BCUT2D eigenvalue weighted by Crippen LogP contribution is -2.13. The molecule has 82 valence electrons. The Morgan fingerprint density at radius 1 is 1.47 bits per heavy atom. The molecule has 0 fully saturated rings. The van der Waals surface area contributed by atoms with Gasteiger partial charge in [0, 0.05) is 5.02 Å². The van der Waals surface area contributed by atoms with Crippen LogP contribution in [-0.4, -0.2) is 11.1 Å². The van der Waals surface area contributed by atoms with Gasteiger partial charge < -0.3 is 5.11 Å². The third-order valence-electron chi connectivity index (χ3n) is 2.54. The maximum Gasteiger partial charge on any atom is 0.306 e. The van der Waals surface area contributed by atoms with Gasteiger partial charge in [0.2, 0.25) is 0 Å². The number of carboxylic acid groups (broad SMARTS) is 1. The van der Waals surface area contributed by atoms with Crippen molar-refractivity contribution >= 4 is 17.6 Å². The molecule has 0 amide bonds. The van der Waals surface area contributed by atoms with Gasteiger partial charge in [-0.2, -0.15) is 0 Å². The zero-order chi connectivity index (χ0) is 11.6. The van der Waals surface area contributed by atoms with Crippen LogP contribution in [0.1, 0.15) is 23.6 Å². The highest BCUT2D eigenvalue weighted by molar-refractivity contribution is 6.31. The van der Waals surface area contributed by atoms with Crippen molar-refractivity contribution in [2.75, 3.05) is 0 Å². The van der Waals surface area contributed by atoms with Gasteiger partial charge in [0.05, 0.1) is 5.92 Å². The number of hydrogen-bond acceptors (Lipinski definition) is 1. The summed E-state index contributed by atoms with van der Waals surface area (Å²) in [7, 11) is 0. The fourth-order valence-electron chi connectivity index (χ4n) is 1.52. The van der Waals surface area contributed by atoms with E-state index >= 15 is 0 Å². The van der Waals surface area contributed by atoms with Gasteiger partial charge in [0.1, 0.15) is 0 Å². The lowest BCUT2D eigenvalue weighted by atomic mass is 9.96. The normalized spacial score (nSPS) is 12.5. The van der Waals surface area contributed by atoms with E-state index in [1.807, 2.05) is 26.0 Å². The summed E-state index contributed by atoms with van der Waals surface area (Å²) < 4.78 is 0. The highest BCUT2D eigenvalue weighted by Gasteiger charge is 2.14. The Morgan fingerprint density at radius 2 is 2.07 bits per heavy atom. The number of halogens is 1. The van der Waals surface area contributed by atoms with Crippen molar-refractivity contribution in [3.63, 3.8) is 0 Å². The van der Waals surface area contributed by atoms with Crippen molar-refractivity contribution in [3.8, 4) is 0 Å². The molecule has 3 heteroatoms. The fraction of sp³-hybridized carbons (Fsp3) is 0.417. The molecule has 0 aliphatic carbocycles. The smallest absolute Gasteiger partial charge is 0.306 e. The third kappa shape index (κ3) is 2.96. The molecule has 15 heavy (non-hydrogen) atoms. The van der Waals surface area contributed by atoms with E-state index in [1.165, 1.54) is 0 Å². The van der Waals surface area contributed by atoms with E-state index in [4.69, 9.17) is 16.7 Å². The number of aryl methyl sites for hydroxylation is 1. The summed E-state index contributed by atoms with van der Waals surface area (Å²) in [5, 5.41) is 9.55. The van der Waals surface area contributed by atoms with Crippen LogP contribution in [0.3, 0.4) is 0 Å². The molecular formula is C12H15ClO2. The Morgan fingerprint density at radius 3 is 2.60 bits per heavy atom. The van der Waals surface area contributed by atoms with Gasteiger partial charge in [-0.05, 0) is 43.0 Å². The molecule has 0 saturated carbocycles. The lowest BCUT2D eigenvalue weighted by molar-refractivity contribution is -0.141. The summed E-state index contributed by atoms with van der Waals surface area (Å²) in [5.41, 5.74) is 3.07. The molecule has 1 rings (SSSR count). The minimum Gasteiger partial charge on any atom is -0.481 e. The molecule has 0 saturated heterocycles. The van der Waals surface area contributed by atoms with Gasteiger partial charge in [-0.1, -0.05) is 24.6 Å². The first-order chi connectivity index (χ1) is 6.91. The number of rotatable bonds is 3. The van der Waals surface area contributed by atoms with Gasteiger partial charge in [0.25, 0.3) is 0 Å². The summed E-state index contributed by atoms with van der Waals surface area (Å²) >= 11 is 6.03. The average molecular weight is 227 g/mol. The van der Waals surface area contributed by atoms with Crippen LogP contribution >= 0.6 is 11.6 Å². The zero-order valence-electron chi connectivity index (χ0n) is 9.17. The topological polar surface area (TPSA) is 37.3 Å². The van der Waals surface area contributed by atoms with Crippen LogP contribution in [0.2, 0.25) is 5.02 Å². The van der Waals surface area contributed by atoms with E-state index in [-0.39, 0.29) is 5.92 Å². The minimum atomic E-state index is -0.771. The largest absolute Gasteiger partial charge is 0.481 e. The van der Waals surface area contributed by atoms with Crippen molar-refractivity contribution < 1.29 is 9.90 Å². The second kappa shape index (κ2) is 4.67. The fourth-order valence-corrected chi connectivity index (χ4v) is 1.81. The SMILES string of the molecule is Cc1cc(Cl)c(C)c(CC(C)C(=O)O)c1. The molecule has 1 aromatic rings. The molecule has 2 nitrogen and oxygen atoms in total. The molecule has 0 radical (unpaired) electrons. The summed E-state index contributed by atoms with van der Waals surface area (Å²) in [6.45, 7) is 5.59. The standard InChI is InChI=1S/C12H15ClO2/c1-7-4-10(6-8(2)12(14)15)9(3)11(13)5-7/h4-5,8H,6H2,1-3H3,(H,14,15). The van der Waals surface area contributed by atoms with Crippen molar-refractivity contribution in [1.29, 1.82) is 0 Å². The van der Waals surface area contributed by atoms with E-state index in [0.29, 0.717) is 11.4 Å². The van der Waals surface area contributed by atoms with Crippen molar-refractivity contribution in [3.05, 3.63) is 33.8 Å². The highest BCUT2D eigenvalue weighted by atomic mass is 35.5. The minimum absolute atomic E-state index is 0.374. The highest BCUT2D eigenvalue weighted by Crippen LogP contribution is 2.23. The van der Waals surface area contributed by atoms with Crippen LogP contribution in [0, 0.1) is 19.8 Å². The number of carbonyl (C=O) groups is 1. The molecule has 1 N–H and O–H groups in total. The lowest BCUT2D eigenvalue weighted by Gasteiger charge is -2.11. The van der Waals surface area contributed by atoms with Gasteiger partial charge in [0.15, 0.2) is 0 Å². The summed E-state index contributed by atoms with van der Waals surface area (Å²) in [6.07, 6.45) is 0.530. The van der Waals surface area contributed by atoms with E-state index in [1.54, 1.807) is 6.92 Å². The van der Waals surface area contributed by atoms with Crippen LogP contribution in [-0.2, 0) is 11.2 Å². The second-order valence-corrected chi connectivity index (χ2v) is 4.38. The van der Waals surface area contributed by atoms with E-state index in [2.05, 4.69) is 0 Å². The molecule has 0 bridgehead atoms. The van der Waals surface area contributed by atoms with Crippen molar-refractivity contribution in [2.45, 2.75) is 27.2 Å². The van der Waals surface area contributed by atoms with Crippen LogP contribution in [0.25, 0.3) is 0 Å². The molecule has 0 aliphatic heterocycles. The third-order valence-corrected chi connectivity index (χ3v) is 2.94. The van der Waals surface area contributed by atoms with Gasteiger partial charge in [-0.3, -0.25) is 4.79 Å². The van der Waals surface area contributed by atoms with E-state index in [0.717, 1.165) is 16.7 Å². The monoisotopic (exact) mass is 226 g/mol. The van der Waals surface area contributed by atoms with Gasteiger partial charge in [-0.25, -0.2) is 0 Å². The average Bonchev–Trinajstić information content (AvgIpc) is 2.13. The predicted octanol–water partition coefficient (Wildman–Crippen LogP) is 3.22. The molecule has 0 spiro atoms. The Bertz CT molecular complexity index is 385. The van der Waals surface area contributed by atoms with E-state index in [9.17, 15) is 4.79 Å². The van der Waals surface area contributed by atoms with Gasteiger partial charge in [-0.15, -0.1) is 0 Å². The van der Waals surface area contributed by atoms with Crippen LogP contribution < -0.4 is 0 Å². The quantitative estimate of drug-likeness (QED) is 0.859. The Balaban J connectivity index is 2.99. The number of aliphatic carboxylic acids is 1. The first-order valence-corrected chi connectivity index (χ1v) is 5.28. The molecule has 0 aliphatic rings. The maximum atomic E-state index is 10.8. The predicted molar refractivity (Wildman–Crippen MR) is 61.4 cm³/mol. The summed E-state index contributed by atoms with van der Waals surface area (Å²) in [6, 6.07) is 3.90. The summed E-state index contributed by atoms with van der Waals surface area (Å²) in [5.74, 6) is -1.14. The molecule has 0 aromatic heterocycles. The molecule has 1 aromatic carbocycles. The number of carboxylic acids is 1. The van der Waals surface area contributed by atoms with Gasteiger partial charge >= 0.3 is 5.97 Å². The Labute approximate surface area is 94.9 Å². The first kappa shape index (κ1) is 12.1. The van der Waals surface area contributed by atoms with Crippen molar-refractivity contribution in [2.24, 2.45) is 5.92 Å². The molecule has 1 atom stereocenters. The maximum absolute atomic E-state index is 10.8. The zero-order valence-corrected chi connectivity index (χ0v) is 9.93. The van der Waals surface area contributed by atoms with Crippen LogP contribution in [0.4, 0.5) is 0 Å². The van der Waals surface area contributed by atoms with Crippen LogP contribution in [0.5, 0.6) is 0 Å². The Kier molecular flexibility index (Phi) is 3.75. The Hall–Kier alpha value is -1.02. The molecule has 0 heterocycles. The van der Waals surface area contributed by atoms with Crippen molar-refractivity contribution in [1.82, 2.24) is 0 Å². The second-order valence-electron chi connectivity index (χ2n) is 3.97.